The molecule has 0 radical (unpaired) electrons. The van der Waals surface area contributed by atoms with Crippen LogP contribution in [0, 0.1) is 20.8 Å². The molecular formula is C29H28N6O3S3. The molecule has 12 heteroatoms. The summed E-state index contributed by atoms with van der Waals surface area (Å²) in [7, 11) is -3.80. The summed E-state index contributed by atoms with van der Waals surface area (Å²) >= 11 is 2.62. The van der Waals surface area contributed by atoms with Crippen molar-refractivity contribution in [3.8, 4) is 22.5 Å². The van der Waals surface area contributed by atoms with E-state index >= 15 is 0 Å². The van der Waals surface area contributed by atoms with Gasteiger partial charge in [0.2, 0.25) is 11.0 Å². The number of rotatable bonds is 10. The van der Waals surface area contributed by atoms with Gasteiger partial charge in [0.25, 0.3) is 10.0 Å². The molecule has 2 aromatic heterocycles. The Labute approximate surface area is 246 Å². The van der Waals surface area contributed by atoms with E-state index in [0.717, 1.165) is 39.0 Å². The van der Waals surface area contributed by atoms with Crippen molar-refractivity contribution >= 4 is 49.8 Å². The minimum absolute atomic E-state index is 0.0606. The molecule has 5 rings (SSSR count). The number of carbonyl (C=O) groups is 1. The van der Waals surface area contributed by atoms with Crippen LogP contribution >= 0.6 is 23.1 Å². The third-order valence-electron chi connectivity index (χ3n) is 6.11. The zero-order chi connectivity index (χ0) is 29.0. The number of nitrogens with one attached hydrogen (secondary N) is 3. The Morgan fingerprint density at radius 2 is 1.51 bits per heavy atom. The van der Waals surface area contributed by atoms with E-state index in [1.165, 1.54) is 35.0 Å². The molecule has 2 heterocycles. The summed E-state index contributed by atoms with van der Waals surface area (Å²) in [4.78, 5) is 21.0. The van der Waals surface area contributed by atoms with Crippen LogP contribution in [0.4, 0.5) is 10.8 Å². The van der Waals surface area contributed by atoms with Gasteiger partial charge in [-0.2, -0.15) is 0 Å². The van der Waals surface area contributed by atoms with Gasteiger partial charge in [0, 0.05) is 29.0 Å². The summed E-state index contributed by atoms with van der Waals surface area (Å²) in [6.45, 7) is 5.85. The van der Waals surface area contributed by atoms with Gasteiger partial charge < -0.3 is 10.3 Å². The molecular weight excluding hydrogens is 577 g/mol. The number of aryl methyl sites for hydroxylation is 3. The Hall–Kier alpha value is -4.00. The van der Waals surface area contributed by atoms with Crippen molar-refractivity contribution < 1.29 is 13.2 Å². The molecule has 1 amide bonds. The van der Waals surface area contributed by atoms with Gasteiger partial charge in [-0.25, -0.2) is 13.4 Å². The first-order valence-corrected chi connectivity index (χ1v) is 16.0. The first-order chi connectivity index (χ1) is 19.7. The fraction of sp³-hybridized carbons (Fsp3) is 0.172. The summed E-state index contributed by atoms with van der Waals surface area (Å²) in [5.74, 6) is 0.331. The zero-order valence-corrected chi connectivity index (χ0v) is 25.1. The second-order valence-corrected chi connectivity index (χ2v) is 13.3. The molecule has 0 unspecified atom stereocenters. The van der Waals surface area contributed by atoms with Gasteiger partial charge in [0.15, 0.2) is 5.16 Å². The average molecular weight is 605 g/mol. The minimum atomic E-state index is -3.80. The van der Waals surface area contributed by atoms with Crippen molar-refractivity contribution in [2.45, 2.75) is 37.2 Å². The van der Waals surface area contributed by atoms with E-state index in [1.54, 1.807) is 19.1 Å². The standard InChI is InChI=1S/C29H28N6O3S3/c1-18-4-8-21(9-5-18)26-27(22-10-6-19(2)7-11-22)32-28(31-26)39-17-16-25(36)30-23-12-14-24(15-13-23)41(37,38)35-29-34-33-20(3)40-29/h4-15H,16-17H2,1-3H3,(H,30,36)(H,31,32)(H,34,35). The monoisotopic (exact) mass is 604 g/mol. The number of anilines is 2. The van der Waals surface area contributed by atoms with Crippen molar-refractivity contribution in [3.05, 3.63) is 88.9 Å². The van der Waals surface area contributed by atoms with Crippen molar-refractivity contribution in [1.29, 1.82) is 0 Å². The van der Waals surface area contributed by atoms with Gasteiger partial charge in [-0.1, -0.05) is 82.8 Å². The smallest absolute Gasteiger partial charge is 0.263 e. The molecule has 0 aliphatic carbocycles. The average Bonchev–Trinajstić information content (AvgIpc) is 3.55. The summed E-state index contributed by atoms with van der Waals surface area (Å²) in [5.41, 5.74) is 6.73. The maximum absolute atomic E-state index is 12.6. The number of benzene rings is 3. The van der Waals surface area contributed by atoms with Gasteiger partial charge in [0.05, 0.1) is 16.3 Å². The second-order valence-electron chi connectivity index (χ2n) is 9.40. The van der Waals surface area contributed by atoms with Crippen molar-refractivity contribution in [3.63, 3.8) is 0 Å². The number of nitrogens with zero attached hydrogens (tertiary/aromatic N) is 3. The Kier molecular flexibility index (Phi) is 8.52. The summed E-state index contributed by atoms with van der Waals surface area (Å²) in [6, 6.07) is 22.5. The van der Waals surface area contributed by atoms with E-state index in [1.807, 2.05) is 0 Å². The number of amides is 1. The summed E-state index contributed by atoms with van der Waals surface area (Å²) < 4.78 is 27.6. The van der Waals surface area contributed by atoms with Crippen LogP contribution < -0.4 is 10.0 Å². The van der Waals surface area contributed by atoms with E-state index in [9.17, 15) is 13.2 Å². The molecule has 210 valence electrons. The van der Waals surface area contributed by atoms with Crippen molar-refractivity contribution in [2.24, 2.45) is 0 Å². The molecule has 0 atom stereocenters. The molecule has 0 saturated heterocycles. The number of aromatic nitrogens is 4. The summed E-state index contributed by atoms with van der Waals surface area (Å²) in [5, 5.41) is 12.0. The molecule has 3 N–H and O–H groups in total. The van der Waals surface area contributed by atoms with Crippen LogP contribution in [0.1, 0.15) is 22.6 Å². The lowest BCUT2D eigenvalue weighted by Crippen LogP contribution is -2.14. The van der Waals surface area contributed by atoms with Crippen LogP contribution in [0.25, 0.3) is 22.5 Å². The van der Waals surface area contributed by atoms with Gasteiger partial charge in [-0.15, -0.1) is 10.2 Å². The predicted octanol–water partition coefficient (Wildman–Crippen LogP) is 6.44. The Balaban J connectivity index is 1.20. The van der Waals surface area contributed by atoms with E-state index in [0.29, 0.717) is 16.4 Å². The van der Waals surface area contributed by atoms with E-state index in [4.69, 9.17) is 4.98 Å². The van der Waals surface area contributed by atoms with Crippen LogP contribution in [0.15, 0.2) is 82.8 Å². The summed E-state index contributed by atoms with van der Waals surface area (Å²) in [6.07, 6.45) is 0.253. The lowest BCUT2D eigenvalue weighted by atomic mass is 10.0. The van der Waals surface area contributed by atoms with Crippen LogP contribution in [0.3, 0.4) is 0 Å². The first-order valence-electron chi connectivity index (χ1n) is 12.8. The number of imidazole rings is 1. The normalized spacial score (nSPS) is 11.4. The number of aromatic amines is 1. The van der Waals surface area contributed by atoms with Crippen LogP contribution in [-0.4, -0.2) is 40.2 Å². The van der Waals surface area contributed by atoms with Gasteiger partial charge >= 0.3 is 0 Å². The number of sulfonamides is 1. The van der Waals surface area contributed by atoms with Crippen LogP contribution in [0.2, 0.25) is 0 Å². The molecule has 0 saturated carbocycles. The van der Waals surface area contributed by atoms with E-state index in [2.05, 4.69) is 87.6 Å². The highest BCUT2D eigenvalue weighted by atomic mass is 32.2. The molecule has 0 aliphatic rings. The van der Waals surface area contributed by atoms with Gasteiger partial charge in [-0.05, 0) is 45.0 Å². The molecule has 3 aromatic carbocycles. The first kappa shape index (κ1) is 28.5. The Morgan fingerprint density at radius 3 is 2.12 bits per heavy atom. The topological polar surface area (TPSA) is 130 Å². The van der Waals surface area contributed by atoms with Crippen LogP contribution in [0.5, 0.6) is 0 Å². The molecule has 41 heavy (non-hydrogen) atoms. The lowest BCUT2D eigenvalue weighted by Gasteiger charge is -2.07. The maximum Gasteiger partial charge on any atom is 0.263 e. The zero-order valence-electron chi connectivity index (χ0n) is 22.6. The highest BCUT2D eigenvalue weighted by molar-refractivity contribution is 7.99. The highest BCUT2D eigenvalue weighted by Crippen LogP contribution is 2.33. The number of hydrogen-bond acceptors (Lipinski definition) is 8. The Bertz CT molecular complexity index is 1700. The predicted molar refractivity (Wildman–Crippen MR) is 165 cm³/mol. The third-order valence-corrected chi connectivity index (χ3v) is 9.22. The highest BCUT2D eigenvalue weighted by Gasteiger charge is 2.17. The van der Waals surface area contributed by atoms with E-state index in [-0.39, 0.29) is 22.4 Å². The maximum atomic E-state index is 12.6. The molecule has 0 fully saturated rings. The largest absolute Gasteiger partial charge is 0.332 e. The molecule has 0 aliphatic heterocycles. The molecule has 9 nitrogen and oxygen atoms in total. The minimum Gasteiger partial charge on any atom is -0.332 e. The SMILES string of the molecule is Cc1ccc(-c2nc(SCCC(=O)Nc3ccc(S(=O)(=O)Nc4nnc(C)s4)cc3)[nH]c2-c2ccc(C)cc2)cc1. The van der Waals surface area contributed by atoms with E-state index < -0.39 is 10.0 Å². The fourth-order valence-electron chi connectivity index (χ4n) is 3.96. The molecule has 5 aromatic rings. The fourth-order valence-corrected chi connectivity index (χ4v) is 6.60. The number of hydrogen-bond donors (Lipinski definition) is 3. The molecule has 0 spiro atoms. The van der Waals surface area contributed by atoms with Crippen molar-refractivity contribution in [1.82, 2.24) is 20.2 Å². The number of H-pyrrole nitrogens is 1. The lowest BCUT2D eigenvalue weighted by molar-refractivity contribution is -0.115. The molecule has 0 bridgehead atoms. The van der Waals surface area contributed by atoms with Gasteiger partial charge in [-0.3, -0.25) is 9.52 Å². The quantitative estimate of drug-likeness (QED) is 0.156. The van der Waals surface area contributed by atoms with Crippen molar-refractivity contribution in [2.75, 3.05) is 15.8 Å². The van der Waals surface area contributed by atoms with Crippen LogP contribution in [-0.2, 0) is 14.8 Å². The van der Waals surface area contributed by atoms with Gasteiger partial charge in [0.1, 0.15) is 5.01 Å². The Morgan fingerprint density at radius 1 is 0.878 bits per heavy atom. The number of thioether (sulfide) groups is 1. The number of carbonyl (C=O) groups excluding carboxylic acids is 1. The third kappa shape index (κ3) is 7.20. The second kappa shape index (κ2) is 12.2.